The van der Waals surface area contributed by atoms with Gasteiger partial charge in [0.1, 0.15) is 0 Å². The molecule has 0 aliphatic carbocycles. The van der Waals surface area contributed by atoms with Crippen molar-refractivity contribution in [1.29, 1.82) is 0 Å². The summed E-state index contributed by atoms with van der Waals surface area (Å²) < 4.78 is 6.33. The van der Waals surface area contributed by atoms with E-state index >= 15 is 0 Å². The van der Waals surface area contributed by atoms with Crippen LogP contribution in [0.5, 0.6) is 5.75 Å². The average Bonchev–Trinajstić information content (AvgIpc) is 2.69. The minimum atomic E-state index is -0.511. The van der Waals surface area contributed by atoms with Gasteiger partial charge in [0.15, 0.2) is 5.75 Å². The third-order valence-electron chi connectivity index (χ3n) is 2.50. The van der Waals surface area contributed by atoms with Crippen LogP contribution in [-0.2, 0) is 0 Å². The summed E-state index contributed by atoms with van der Waals surface area (Å²) in [6.45, 7) is 1.42. The number of fused-ring (bicyclic) bond motifs is 1. The molecule has 1 aromatic carbocycles. The lowest BCUT2D eigenvalue weighted by atomic mass is 10.2. The fourth-order valence-corrected chi connectivity index (χ4v) is 1.65. The van der Waals surface area contributed by atoms with E-state index in [1.807, 2.05) is 0 Å². The Balaban J connectivity index is 2.70. The zero-order valence-electron chi connectivity index (χ0n) is 9.34. The Morgan fingerprint density at radius 2 is 1.94 bits per heavy atom. The summed E-state index contributed by atoms with van der Waals surface area (Å²) in [7, 11) is 1.37. The van der Waals surface area contributed by atoms with E-state index in [0.717, 1.165) is 5.39 Å². The Labute approximate surface area is 96.6 Å². The van der Waals surface area contributed by atoms with Gasteiger partial charge in [0, 0.05) is 36.2 Å². The van der Waals surface area contributed by atoms with Crippen LogP contribution in [0.3, 0.4) is 0 Å². The molecule has 0 fully saturated rings. The minimum Gasteiger partial charge on any atom is -0.490 e. The molecular weight excluding hydrogens is 224 g/mol. The van der Waals surface area contributed by atoms with Gasteiger partial charge in [-0.15, -0.1) is 0 Å². The number of aromatic nitrogens is 1. The van der Waals surface area contributed by atoms with E-state index in [-0.39, 0.29) is 17.3 Å². The fourth-order valence-electron chi connectivity index (χ4n) is 1.65. The lowest BCUT2D eigenvalue weighted by Crippen LogP contribution is -2.00. The van der Waals surface area contributed by atoms with Crippen molar-refractivity contribution in [2.45, 2.75) is 6.92 Å². The van der Waals surface area contributed by atoms with E-state index in [1.165, 1.54) is 24.7 Å². The van der Waals surface area contributed by atoms with E-state index in [1.54, 1.807) is 18.5 Å². The van der Waals surface area contributed by atoms with Gasteiger partial charge in [-0.1, -0.05) is 0 Å². The van der Waals surface area contributed by atoms with Crippen LogP contribution in [0.4, 0.5) is 5.69 Å². The molecule has 0 aliphatic rings. The maximum atomic E-state index is 11.2. The average molecular weight is 234 g/mol. The van der Waals surface area contributed by atoms with E-state index in [2.05, 4.69) is 0 Å². The molecule has 6 nitrogen and oxygen atoms in total. The summed E-state index contributed by atoms with van der Waals surface area (Å²) >= 11 is 0. The number of ether oxygens (including phenoxy) is 1. The molecule has 0 unspecified atom stereocenters. The van der Waals surface area contributed by atoms with Crippen LogP contribution in [0, 0.1) is 10.1 Å². The van der Waals surface area contributed by atoms with Crippen molar-refractivity contribution in [3.05, 3.63) is 34.6 Å². The second kappa shape index (κ2) is 3.89. The van der Waals surface area contributed by atoms with Gasteiger partial charge in [-0.05, 0) is 6.07 Å². The normalized spacial score (nSPS) is 10.5. The number of benzene rings is 1. The molecule has 17 heavy (non-hydrogen) atoms. The van der Waals surface area contributed by atoms with Gasteiger partial charge in [0.05, 0.1) is 12.0 Å². The van der Waals surface area contributed by atoms with Crippen LogP contribution in [-0.4, -0.2) is 22.5 Å². The summed E-state index contributed by atoms with van der Waals surface area (Å²) in [5.41, 5.74) is -0.110. The topological polar surface area (TPSA) is 74.4 Å². The predicted octanol–water partition coefficient (Wildman–Crippen LogP) is 2.22. The van der Waals surface area contributed by atoms with Crippen LogP contribution >= 0.6 is 0 Å². The molecule has 1 heterocycles. The molecule has 0 amide bonds. The number of hydrogen-bond acceptors (Lipinski definition) is 4. The third kappa shape index (κ3) is 1.84. The van der Waals surface area contributed by atoms with Crippen LogP contribution in [0.15, 0.2) is 24.5 Å². The molecule has 0 saturated heterocycles. The first-order chi connectivity index (χ1) is 8.02. The number of nitro benzene ring substituents is 1. The predicted molar refractivity (Wildman–Crippen MR) is 61.4 cm³/mol. The van der Waals surface area contributed by atoms with E-state index < -0.39 is 4.92 Å². The Bertz CT molecular complexity index is 615. The first-order valence-electron chi connectivity index (χ1n) is 4.88. The molecule has 6 heteroatoms. The molecule has 0 spiro atoms. The highest BCUT2D eigenvalue weighted by molar-refractivity contribution is 5.91. The van der Waals surface area contributed by atoms with Crippen molar-refractivity contribution >= 4 is 22.4 Å². The summed E-state index contributed by atoms with van der Waals surface area (Å²) in [5.74, 6) is 0.0339. The SMILES string of the molecule is COc1cc2cn(C(C)=O)cc2cc1[N+](=O)[O-]. The Morgan fingerprint density at radius 1 is 1.35 bits per heavy atom. The van der Waals surface area contributed by atoms with Gasteiger partial charge >= 0.3 is 5.69 Å². The standard InChI is InChI=1S/C11H10N2O4/c1-7(14)12-5-8-3-10(13(15)16)11(17-2)4-9(8)6-12/h3-6H,1-2H3. The summed E-state index contributed by atoms with van der Waals surface area (Å²) in [4.78, 5) is 21.5. The number of methoxy groups -OCH3 is 1. The van der Waals surface area contributed by atoms with Crippen molar-refractivity contribution in [3.63, 3.8) is 0 Å². The van der Waals surface area contributed by atoms with E-state index in [4.69, 9.17) is 4.74 Å². The van der Waals surface area contributed by atoms with Gasteiger partial charge in [0.25, 0.3) is 0 Å². The zero-order valence-corrected chi connectivity index (χ0v) is 9.34. The van der Waals surface area contributed by atoms with Crippen LogP contribution in [0.1, 0.15) is 11.7 Å². The molecule has 0 bridgehead atoms. The van der Waals surface area contributed by atoms with Crippen molar-refractivity contribution in [2.75, 3.05) is 7.11 Å². The van der Waals surface area contributed by atoms with Crippen LogP contribution < -0.4 is 4.74 Å². The first-order valence-corrected chi connectivity index (χ1v) is 4.88. The molecule has 2 rings (SSSR count). The number of rotatable bonds is 2. The highest BCUT2D eigenvalue weighted by Gasteiger charge is 2.17. The number of nitro groups is 1. The van der Waals surface area contributed by atoms with E-state index in [9.17, 15) is 14.9 Å². The van der Waals surface area contributed by atoms with Crippen molar-refractivity contribution in [3.8, 4) is 5.75 Å². The molecule has 2 aromatic rings. The summed E-state index contributed by atoms with van der Waals surface area (Å²) in [6, 6.07) is 2.94. The van der Waals surface area contributed by atoms with Gasteiger partial charge < -0.3 is 4.74 Å². The second-order valence-corrected chi connectivity index (χ2v) is 3.59. The molecule has 0 aliphatic heterocycles. The molecule has 88 valence electrons. The van der Waals surface area contributed by atoms with E-state index in [0.29, 0.717) is 5.39 Å². The third-order valence-corrected chi connectivity index (χ3v) is 2.50. The van der Waals surface area contributed by atoms with Crippen molar-refractivity contribution < 1.29 is 14.5 Å². The lowest BCUT2D eigenvalue weighted by Gasteiger charge is -2.00. The maximum Gasteiger partial charge on any atom is 0.311 e. The Hall–Kier alpha value is -2.37. The van der Waals surface area contributed by atoms with Gasteiger partial charge in [-0.2, -0.15) is 0 Å². The highest BCUT2D eigenvalue weighted by Crippen LogP contribution is 2.32. The number of hydrogen-bond donors (Lipinski definition) is 0. The lowest BCUT2D eigenvalue weighted by molar-refractivity contribution is -0.385. The van der Waals surface area contributed by atoms with Gasteiger partial charge in [0.2, 0.25) is 5.91 Å². The second-order valence-electron chi connectivity index (χ2n) is 3.59. The fraction of sp³-hybridized carbons (Fsp3) is 0.182. The van der Waals surface area contributed by atoms with Crippen LogP contribution in [0.2, 0.25) is 0 Å². The monoisotopic (exact) mass is 234 g/mol. The quantitative estimate of drug-likeness (QED) is 0.589. The highest BCUT2D eigenvalue weighted by atomic mass is 16.6. The summed E-state index contributed by atoms with van der Waals surface area (Å²) in [5, 5.41) is 12.2. The van der Waals surface area contributed by atoms with Crippen molar-refractivity contribution in [1.82, 2.24) is 4.57 Å². The molecule has 0 saturated carbocycles. The van der Waals surface area contributed by atoms with Gasteiger partial charge in [-0.3, -0.25) is 19.5 Å². The van der Waals surface area contributed by atoms with Crippen molar-refractivity contribution in [2.24, 2.45) is 0 Å². The molecular formula is C11H10N2O4. The smallest absolute Gasteiger partial charge is 0.311 e. The molecule has 0 atom stereocenters. The summed E-state index contributed by atoms with van der Waals surface area (Å²) in [6.07, 6.45) is 3.17. The Morgan fingerprint density at radius 3 is 2.41 bits per heavy atom. The Kier molecular flexibility index (Phi) is 2.55. The maximum absolute atomic E-state index is 11.2. The zero-order chi connectivity index (χ0) is 12.6. The number of nitrogens with zero attached hydrogens (tertiary/aromatic N) is 2. The number of carbonyl (C=O) groups excluding carboxylic acids is 1. The largest absolute Gasteiger partial charge is 0.490 e. The molecule has 0 N–H and O–H groups in total. The van der Waals surface area contributed by atoms with Gasteiger partial charge in [-0.25, -0.2) is 0 Å². The molecule has 0 radical (unpaired) electrons. The minimum absolute atomic E-state index is 0.110. The number of carbonyl (C=O) groups is 1. The van der Waals surface area contributed by atoms with Crippen LogP contribution in [0.25, 0.3) is 10.8 Å². The first kappa shape index (κ1) is 11.1. The molecule has 1 aromatic heterocycles.